The van der Waals surface area contributed by atoms with Crippen LogP contribution in [0.1, 0.15) is 25.7 Å². The topological polar surface area (TPSA) is 62.2 Å². The zero-order valence-corrected chi connectivity index (χ0v) is 13.4. The van der Waals surface area contributed by atoms with Crippen LogP contribution in [0.4, 0.5) is 0 Å². The van der Waals surface area contributed by atoms with Crippen LogP contribution in [0.5, 0.6) is 0 Å². The molecular weight excluding hydrogens is 284 g/mol. The van der Waals surface area contributed by atoms with Crippen LogP contribution in [0.2, 0.25) is 0 Å². The number of ether oxygens (including phenoxy) is 2. The Labute approximate surface area is 132 Å². The average Bonchev–Trinajstić information content (AvgIpc) is 2.96. The van der Waals surface area contributed by atoms with Crippen molar-refractivity contribution in [3.63, 3.8) is 0 Å². The standard InChI is InChI=1S/C16H28N2O4/c1-21-15-11-18(10-14(15)19)16(20)12-2-6-17(7-3-12)13-4-8-22-9-5-13/h12-15,19H,2-11H2,1H3/t14-,15-/m0/s1. The number of amides is 1. The van der Waals surface area contributed by atoms with Crippen molar-refractivity contribution in [3.8, 4) is 0 Å². The zero-order valence-electron chi connectivity index (χ0n) is 13.4. The van der Waals surface area contributed by atoms with Gasteiger partial charge in [0.2, 0.25) is 5.91 Å². The first-order chi connectivity index (χ1) is 10.7. The van der Waals surface area contributed by atoms with Gasteiger partial charge in [-0.1, -0.05) is 0 Å². The monoisotopic (exact) mass is 312 g/mol. The Kier molecular flexibility index (Phi) is 5.33. The van der Waals surface area contributed by atoms with Crippen LogP contribution in [0, 0.1) is 5.92 Å². The maximum absolute atomic E-state index is 12.6. The summed E-state index contributed by atoms with van der Waals surface area (Å²) in [6, 6.07) is 0.635. The summed E-state index contributed by atoms with van der Waals surface area (Å²) in [5.41, 5.74) is 0. The smallest absolute Gasteiger partial charge is 0.225 e. The summed E-state index contributed by atoms with van der Waals surface area (Å²) in [5.74, 6) is 0.309. The van der Waals surface area contributed by atoms with Gasteiger partial charge in [-0.05, 0) is 38.8 Å². The molecule has 0 saturated carbocycles. The van der Waals surface area contributed by atoms with E-state index in [1.807, 2.05) is 0 Å². The molecule has 126 valence electrons. The lowest BCUT2D eigenvalue weighted by Gasteiger charge is -2.39. The van der Waals surface area contributed by atoms with E-state index in [1.54, 1.807) is 12.0 Å². The Balaban J connectivity index is 1.47. The lowest BCUT2D eigenvalue weighted by atomic mass is 9.93. The van der Waals surface area contributed by atoms with Crippen molar-refractivity contribution in [2.75, 3.05) is 46.5 Å². The van der Waals surface area contributed by atoms with Gasteiger partial charge in [-0.2, -0.15) is 0 Å². The van der Waals surface area contributed by atoms with E-state index in [1.165, 1.54) is 0 Å². The number of piperidine rings is 1. The quantitative estimate of drug-likeness (QED) is 0.801. The SMILES string of the molecule is CO[C@H]1CN(C(=O)C2CCN(C3CCOCC3)CC2)C[C@@H]1O. The van der Waals surface area contributed by atoms with E-state index in [0.29, 0.717) is 19.1 Å². The summed E-state index contributed by atoms with van der Waals surface area (Å²) in [5, 5.41) is 9.88. The summed E-state index contributed by atoms with van der Waals surface area (Å²) in [6.45, 7) is 4.69. The van der Waals surface area contributed by atoms with Gasteiger partial charge in [0.25, 0.3) is 0 Å². The number of β-amino-alcohol motifs (C(OH)–C–C–N with tert-alkyl or cyclic N) is 1. The minimum atomic E-state index is -0.545. The summed E-state index contributed by atoms with van der Waals surface area (Å²) in [7, 11) is 1.59. The van der Waals surface area contributed by atoms with E-state index in [-0.39, 0.29) is 17.9 Å². The molecule has 0 aromatic rings. The number of likely N-dealkylation sites (tertiary alicyclic amines) is 2. The van der Waals surface area contributed by atoms with Gasteiger partial charge >= 0.3 is 0 Å². The first-order valence-corrected chi connectivity index (χ1v) is 8.50. The predicted octanol–water partition coefficient (Wildman–Crippen LogP) is 0.0955. The molecule has 1 amide bonds. The second-order valence-corrected chi connectivity index (χ2v) is 6.74. The Morgan fingerprint density at radius 2 is 1.82 bits per heavy atom. The molecule has 0 bridgehead atoms. The molecule has 0 radical (unpaired) electrons. The lowest BCUT2D eigenvalue weighted by Crippen LogP contribution is -2.47. The largest absolute Gasteiger partial charge is 0.388 e. The number of aliphatic hydroxyl groups excluding tert-OH is 1. The Morgan fingerprint density at radius 3 is 2.41 bits per heavy atom. The molecule has 3 heterocycles. The molecule has 3 saturated heterocycles. The Morgan fingerprint density at radius 1 is 1.14 bits per heavy atom. The first kappa shape index (κ1) is 16.2. The van der Waals surface area contributed by atoms with Crippen LogP contribution in [0.25, 0.3) is 0 Å². The second kappa shape index (κ2) is 7.25. The Hall–Kier alpha value is -0.690. The highest BCUT2D eigenvalue weighted by Crippen LogP contribution is 2.26. The third-order valence-electron chi connectivity index (χ3n) is 5.44. The predicted molar refractivity (Wildman–Crippen MR) is 81.5 cm³/mol. The normalized spacial score (nSPS) is 32.5. The molecule has 2 atom stereocenters. The van der Waals surface area contributed by atoms with Crippen LogP contribution in [0.15, 0.2) is 0 Å². The molecule has 3 aliphatic heterocycles. The molecular formula is C16H28N2O4. The van der Waals surface area contributed by atoms with Crippen molar-refractivity contribution < 1.29 is 19.4 Å². The number of hydrogen-bond donors (Lipinski definition) is 1. The fraction of sp³-hybridized carbons (Fsp3) is 0.938. The molecule has 3 fully saturated rings. The van der Waals surface area contributed by atoms with E-state index in [4.69, 9.17) is 9.47 Å². The van der Waals surface area contributed by atoms with Gasteiger partial charge < -0.3 is 24.4 Å². The van der Waals surface area contributed by atoms with Crippen molar-refractivity contribution >= 4 is 5.91 Å². The van der Waals surface area contributed by atoms with Gasteiger partial charge in [0.15, 0.2) is 0 Å². The van der Waals surface area contributed by atoms with Gasteiger partial charge in [0.05, 0.1) is 6.10 Å². The highest BCUT2D eigenvalue weighted by atomic mass is 16.5. The number of nitrogens with zero attached hydrogens (tertiary/aromatic N) is 2. The van der Waals surface area contributed by atoms with Crippen molar-refractivity contribution in [2.24, 2.45) is 5.92 Å². The van der Waals surface area contributed by atoms with Crippen LogP contribution in [-0.2, 0) is 14.3 Å². The molecule has 0 aromatic carbocycles. The van der Waals surface area contributed by atoms with Gasteiger partial charge in [-0.15, -0.1) is 0 Å². The first-order valence-electron chi connectivity index (χ1n) is 8.50. The van der Waals surface area contributed by atoms with E-state index >= 15 is 0 Å². The molecule has 6 nitrogen and oxygen atoms in total. The van der Waals surface area contributed by atoms with Crippen LogP contribution in [0.3, 0.4) is 0 Å². The molecule has 3 aliphatic rings. The maximum atomic E-state index is 12.6. The molecule has 0 aromatic heterocycles. The molecule has 0 unspecified atom stereocenters. The highest BCUT2D eigenvalue weighted by molar-refractivity contribution is 5.79. The number of aliphatic hydroxyl groups is 1. The maximum Gasteiger partial charge on any atom is 0.225 e. The lowest BCUT2D eigenvalue weighted by molar-refractivity contribution is -0.137. The van der Waals surface area contributed by atoms with Crippen molar-refractivity contribution in [1.29, 1.82) is 0 Å². The molecule has 6 heteroatoms. The molecule has 1 N–H and O–H groups in total. The van der Waals surface area contributed by atoms with Crippen molar-refractivity contribution in [1.82, 2.24) is 9.80 Å². The van der Waals surface area contributed by atoms with Crippen LogP contribution in [-0.4, -0.2) is 85.6 Å². The Bertz CT molecular complexity index is 378. The van der Waals surface area contributed by atoms with Crippen LogP contribution < -0.4 is 0 Å². The number of carbonyl (C=O) groups excluding carboxylic acids is 1. The number of carbonyl (C=O) groups is 1. The summed E-state index contributed by atoms with van der Waals surface area (Å²) in [6.07, 6.45) is 3.32. The summed E-state index contributed by atoms with van der Waals surface area (Å²) < 4.78 is 10.6. The van der Waals surface area contributed by atoms with E-state index in [0.717, 1.165) is 52.0 Å². The molecule has 0 spiro atoms. The fourth-order valence-corrected chi connectivity index (χ4v) is 3.99. The van der Waals surface area contributed by atoms with Crippen molar-refractivity contribution in [3.05, 3.63) is 0 Å². The van der Waals surface area contributed by atoms with E-state index in [2.05, 4.69) is 4.90 Å². The van der Waals surface area contributed by atoms with Crippen LogP contribution >= 0.6 is 0 Å². The molecule has 0 aliphatic carbocycles. The van der Waals surface area contributed by atoms with Gasteiger partial charge in [-0.3, -0.25) is 4.79 Å². The van der Waals surface area contributed by atoms with E-state index in [9.17, 15) is 9.90 Å². The fourth-order valence-electron chi connectivity index (χ4n) is 3.99. The summed E-state index contributed by atoms with van der Waals surface area (Å²) in [4.78, 5) is 16.9. The number of hydrogen-bond acceptors (Lipinski definition) is 5. The van der Waals surface area contributed by atoms with Crippen molar-refractivity contribution in [2.45, 2.75) is 43.9 Å². The third kappa shape index (κ3) is 3.45. The minimum absolute atomic E-state index is 0.110. The second-order valence-electron chi connectivity index (χ2n) is 6.74. The van der Waals surface area contributed by atoms with E-state index < -0.39 is 6.10 Å². The summed E-state index contributed by atoms with van der Waals surface area (Å²) >= 11 is 0. The minimum Gasteiger partial charge on any atom is -0.388 e. The molecule has 22 heavy (non-hydrogen) atoms. The zero-order chi connectivity index (χ0) is 15.5. The molecule has 3 rings (SSSR count). The van der Waals surface area contributed by atoms with Gasteiger partial charge in [0, 0.05) is 45.4 Å². The van der Waals surface area contributed by atoms with Gasteiger partial charge in [0.1, 0.15) is 6.10 Å². The number of rotatable bonds is 3. The number of methoxy groups -OCH3 is 1. The average molecular weight is 312 g/mol. The third-order valence-corrected chi connectivity index (χ3v) is 5.44. The highest BCUT2D eigenvalue weighted by Gasteiger charge is 2.38. The van der Waals surface area contributed by atoms with Gasteiger partial charge in [-0.25, -0.2) is 0 Å².